The van der Waals surface area contributed by atoms with Crippen LogP contribution in [0.5, 0.6) is 0 Å². The zero-order chi connectivity index (χ0) is 26.4. The molecule has 0 unspecified atom stereocenters. The van der Waals surface area contributed by atoms with Gasteiger partial charge in [-0.3, -0.25) is 0 Å². The highest BCUT2D eigenvalue weighted by Gasteiger charge is 1.96. The average molecular weight is 528 g/mol. The fourth-order valence-electron chi connectivity index (χ4n) is 2.45. The van der Waals surface area contributed by atoms with Gasteiger partial charge < -0.3 is 52.3 Å². The third-order valence-electron chi connectivity index (χ3n) is 4.34. The molecule has 0 saturated carbocycles. The highest BCUT2D eigenvalue weighted by Crippen LogP contribution is 1.88. The Balaban J connectivity index is 3.02. The minimum atomic E-state index is 0.237. The van der Waals surface area contributed by atoms with Crippen LogP contribution in [-0.2, 0) is 47.4 Å². The van der Waals surface area contributed by atoms with E-state index in [1.54, 1.807) is 0 Å². The molecule has 0 aliphatic carbocycles. The zero-order valence-corrected chi connectivity index (χ0v) is 23.2. The fraction of sp³-hybridized carbons (Fsp3) is 1.00. The lowest BCUT2D eigenvalue weighted by Gasteiger charge is -2.10. The molecule has 0 aliphatic rings. The second-order valence-corrected chi connectivity index (χ2v) is 8.23. The van der Waals surface area contributed by atoms with E-state index in [2.05, 4.69) is 4.90 Å². The van der Waals surface area contributed by atoms with Crippen LogP contribution in [0.4, 0.5) is 0 Å². The molecule has 0 atom stereocenters. The summed E-state index contributed by atoms with van der Waals surface area (Å²) in [5.74, 6) is 0. The van der Waals surface area contributed by atoms with Gasteiger partial charge in [0.2, 0.25) is 0 Å². The van der Waals surface area contributed by atoms with E-state index in [9.17, 15) is 0 Å². The summed E-state index contributed by atoms with van der Waals surface area (Å²) in [6.07, 6.45) is 0.237. The first kappa shape index (κ1) is 35.6. The van der Waals surface area contributed by atoms with Crippen molar-refractivity contribution in [3.05, 3.63) is 0 Å². The van der Waals surface area contributed by atoms with Crippen molar-refractivity contribution < 1.29 is 47.4 Å². The van der Waals surface area contributed by atoms with Gasteiger partial charge in [-0.1, -0.05) is 0 Å². The van der Waals surface area contributed by atoms with Crippen LogP contribution in [0.2, 0.25) is 0 Å². The lowest BCUT2D eigenvalue weighted by atomic mass is 10.5. The topological polar surface area (TPSA) is 95.5 Å². The van der Waals surface area contributed by atoms with Gasteiger partial charge in [0.1, 0.15) is 0 Å². The summed E-state index contributed by atoms with van der Waals surface area (Å²) in [6, 6.07) is 0. The molecular formula is C25H53NO10. The SMILES string of the molecule is CC(C)OCCOCCOCCOCCOCCOCCOCCOCCOCCOCCN(C)C. The van der Waals surface area contributed by atoms with E-state index >= 15 is 0 Å². The molecule has 0 amide bonds. The van der Waals surface area contributed by atoms with Crippen molar-refractivity contribution in [1.82, 2.24) is 4.90 Å². The summed E-state index contributed by atoms with van der Waals surface area (Å²) < 4.78 is 54.4. The van der Waals surface area contributed by atoms with Gasteiger partial charge in [-0.05, 0) is 27.9 Å². The second-order valence-electron chi connectivity index (χ2n) is 8.23. The van der Waals surface area contributed by atoms with Crippen molar-refractivity contribution in [2.45, 2.75) is 20.0 Å². The van der Waals surface area contributed by atoms with Crippen molar-refractivity contribution in [2.24, 2.45) is 0 Å². The Morgan fingerprint density at radius 2 is 0.583 bits per heavy atom. The van der Waals surface area contributed by atoms with Crippen LogP contribution in [-0.4, -0.2) is 157 Å². The first-order valence-electron chi connectivity index (χ1n) is 13.1. The van der Waals surface area contributed by atoms with Crippen LogP contribution in [0.15, 0.2) is 0 Å². The van der Waals surface area contributed by atoms with Crippen LogP contribution in [0.3, 0.4) is 0 Å². The van der Waals surface area contributed by atoms with Gasteiger partial charge in [-0.2, -0.15) is 0 Å². The molecule has 0 aliphatic heterocycles. The summed E-state index contributed by atoms with van der Waals surface area (Å²) in [5.41, 5.74) is 0. The van der Waals surface area contributed by atoms with Crippen LogP contribution in [0.25, 0.3) is 0 Å². The van der Waals surface area contributed by atoms with Gasteiger partial charge in [-0.25, -0.2) is 0 Å². The summed E-state index contributed by atoms with van der Waals surface area (Å²) in [7, 11) is 4.04. The van der Waals surface area contributed by atoms with Crippen molar-refractivity contribution in [3.63, 3.8) is 0 Å². The summed E-state index contributed by atoms with van der Waals surface area (Å²) >= 11 is 0. The average Bonchev–Trinajstić information content (AvgIpc) is 2.85. The largest absolute Gasteiger partial charge is 0.378 e. The number of rotatable bonds is 31. The third-order valence-corrected chi connectivity index (χ3v) is 4.34. The molecule has 0 aromatic rings. The molecule has 0 rings (SSSR count). The van der Waals surface area contributed by atoms with Gasteiger partial charge in [0.05, 0.1) is 132 Å². The van der Waals surface area contributed by atoms with E-state index in [1.807, 2.05) is 27.9 Å². The third kappa shape index (κ3) is 33.6. The van der Waals surface area contributed by atoms with E-state index in [-0.39, 0.29) is 6.10 Å². The molecule has 0 fully saturated rings. The number of nitrogens with zero attached hydrogens (tertiary/aromatic N) is 1. The first-order chi connectivity index (χ1) is 17.6. The molecule has 0 N–H and O–H groups in total. The molecule has 36 heavy (non-hydrogen) atoms. The standard InChI is InChI=1S/C25H53NO10/c1-25(2)36-24-23-35-22-21-34-20-19-33-18-17-32-16-15-31-14-13-30-12-11-29-10-9-28-8-7-27-6-5-26(3)4/h25H,5-24H2,1-4H3. The van der Waals surface area contributed by atoms with Crippen molar-refractivity contribution >= 4 is 0 Å². The molecule has 11 heteroatoms. The van der Waals surface area contributed by atoms with E-state index in [1.165, 1.54) is 0 Å². The van der Waals surface area contributed by atoms with Crippen molar-refractivity contribution in [2.75, 3.05) is 146 Å². The van der Waals surface area contributed by atoms with Gasteiger partial charge >= 0.3 is 0 Å². The lowest BCUT2D eigenvalue weighted by molar-refractivity contribution is -0.0279. The molecule has 0 radical (unpaired) electrons. The van der Waals surface area contributed by atoms with E-state index in [0.717, 1.165) is 13.2 Å². The van der Waals surface area contributed by atoms with Crippen molar-refractivity contribution in [1.29, 1.82) is 0 Å². The summed E-state index contributed by atoms with van der Waals surface area (Å²) in [5, 5.41) is 0. The van der Waals surface area contributed by atoms with Gasteiger partial charge in [0.25, 0.3) is 0 Å². The Hall–Kier alpha value is -0.440. The first-order valence-corrected chi connectivity index (χ1v) is 13.1. The van der Waals surface area contributed by atoms with E-state index < -0.39 is 0 Å². The molecule has 0 spiro atoms. The minimum absolute atomic E-state index is 0.237. The molecule has 0 bridgehead atoms. The highest BCUT2D eigenvalue weighted by molar-refractivity contribution is 4.41. The predicted octanol–water partition coefficient (Wildman–Crippen LogP) is 1.12. The Morgan fingerprint density at radius 1 is 0.361 bits per heavy atom. The quantitative estimate of drug-likeness (QED) is 0.121. The maximum Gasteiger partial charge on any atom is 0.0703 e. The van der Waals surface area contributed by atoms with E-state index in [0.29, 0.717) is 119 Å². The molecule has 0 saturated heterocycles. The monoisotopic (exact) mass is 527 g/mol. The molecule has 0 aromatic heterocycles. The summed E-state index contributed by atoms with van der Waals surface area (Å²) in [4.78, 5) is 2.08. The molecule has 11 nitrogen and oxygen atoms in total. The maximum atomic E-state index is 5.46. The zero-order valence-electron chi connectivity index (χ0n) is 23.2. The normalized spacial score (nSPS) is 11.8. The predicted molar refractivity (Wildman–Crippen MR) is 137 cm³/mol. The maximum absolute atomic E-state index is 5.46. The lowest BCUT2D eigenvalue weighted by Crippen LogP contribution is -2.19. The van der Waals surface area contributed by atoms with E-state index in [4.69, 9.17) is 47.4 Å². The molecule has 0 heterocycles. The Morgan fingerprint density at radius 3 is 0.806 bits per heavy atom. The van der Waals surface area contributed by atoms with Crippen molar-refractivity contribution in [3.8, 4) is 0 Å². The Labute approximate surface area is 218 Å². The van der Waals surface area contributed by atoms with Gasteiger partial charge in [-0.15, -0.1) is 0 Å². The second kappa shape index (κ2) is 30.8. The Kier molecular flexibility index (Phi) is 30.4. The number of hydrogen-bond donors (Lipinski definition) is 0. The molecule has 218 valence electrons. The molecular weight excluding hydrogens is 474 g/mol. The highest BCUT2D eigenvalue weighted by atomic mass is 16.6. The fourth-order valence-corrected chi connectivity index (χ4v) is 2.45. The number of ether oxygens (including phenoxy) is 10. The van der Waals surface area contributed by atoms with Gasteiger partial charge in [0, 0.05) is 6.54 Å². The minimum Gasteiger partial charge on any atom is -0.378 e. The van der Waals surface area contributed by atoms with Crippen LogP contribution in [0, 0.1) is 0 Å². The van der Waals surface area contributed by atoms with Crippen LogP contribution in [0.1, 0.15) is 13.8 Å². The number of hydrogen-bond acceptors (Lipinski definition) is 11. The smallest absolute Gasteiger partial charge is 0.0703 e. The van der Waals surface area contributed by atoms with Crippen LogP contribution >= 0.6 is 0 Å². The van der Waals surface area contributed by atoms with Crippen LogP contribution < -0.4 is 0 Å². The van der Waals surface area contributed by atoms with Gasteiger partial charge in [0.15, 0.2) is 0 Å². The molecule has 0 aromatic carbocycles. The Bertz CT molecular complexity index is 369. The number of likely N-dealkylation sites (N-methyl/N-ethyl adjacent to an activating group) is 1. The summed E-state index contributed by atoms with van der Waals surface area (Å²) in [6.45, 7) is 15.6.